The Hall–Kier alpha value is -3.69. The summed E-state index contributed by atoms with van der Waals surface area (Å²) in [5.41, 5.74) is 8.15. The number of rotatable bonds is 4. The van der Waals surface area contributed by atoms with E-state index >= 15 is 0 Å². The SMILES string of the molecule is CCC1(C)c2ccc(N3c4ccccc4[Si](C)(C)c4ccccc43)cc2-c2c3ccccc3cc[n+]2C1(CC)CC. The van der Waals surface area contributed by atoms with Crippen LogP contribution in [0, 0.1) is 0 Å². The van der Waals surface area contributed by atoms with Gasteiger partial charge in [-0.2, -0.15) is 4.57 Å². The van der Waals surface area contributed by atoms with Crippen molar-refractivity contribution < 1.29 is 4.57 Å². The Bertz CT molecular complexity index is 1770. The Balaban J connectivity index is 1.56. The molecule has 0 N–H and O–H groups in total. The number of aromatic nitrogens is 1. The molecule has 3 heteroatoms. The van der Waals surface area contributed by atoms with Crippen LogP contribution in [-0.2, 0) is 11.0 Å². The van der Waals surface area contributed by atoms with Gasteiger partial charge in [0.05, 0.1) is 16.4 Å². The third kappa shape index (κ3) is 3.33. The maximum absolute atomic E-state index is 2.67. The first-order valence-corrected chi connectivity index (χ1v) is 18.4. The third-order valence-corrected chi connectivity index (χ3v) is 14.5. The first-order chi connectivity index (χ1) is 19.8. The first kappa shape index (κ1) is 26.2. The molecule has 0 aliphatic carbocycles. The number of anilines is 3. The second-order valence-electron chi connectivity index (χ2n) is 12.8. The maximum Gasteiger partial charge on any atom is 0.221 e. The highest BCUT2D eigenvalue weighted by atomic mass is 28.3. The molecule has 0 spiro atoms. The summed E-state index contributed by atoms with van der Waals surface area (Å²) in [6.45, 7) is 14.7. The van der Waals surface area contributed by atoms with Gasteiger partial charge in [-0.05, 0) is 65.0 Å². The van der Waals surface area contributed by atoms with E-state index < -0.39 is 8.07 Å². The lowest BCUT2D eigenvalue weighted by Gasteiger charge is -2.48. The quantitative estimate of drug-likeness (QED) is 0.160. The van der Waals surface area contributed by atoms with Crippen LogP contribution < -0.4 is 19.8 Å². The number of pyridine rings is 1. The van der Waals surface area contributed by atoms with E-state index in [1.807, 2.05) is 0 Å². The van der Waals surface area contributed by atoms with Crippen molar-refractivity contribution >= 4 is 46.3 Å². The zero-order valence-corrected chi connectivity index (χ0v) is 26.3. The molecule has 1 atom stereocenters. The summed E-state index contributed by atoms with van der Waals surface area (Å²) >= 11 is 0. The average Bonchev–Trinajstić information content (AvgIpc) is 3.01. The predicted octanol–water partition coefficient (Wildman–Crippen LogP) is 8.60. The van der Waals surface area contributed by atoms with E-state index in [0.29, 0.717) is 0 Å². The summed E-state index contributed by atoms with van der Waals surface area (Å²) in [5, 5.41) is 5.65. The third-order valence-electron chi connectivity index (χ3n) is 11.0. The Morgan fingerprint density at radius 1 is 0.707 bits per heavy atom. The minimum Gasteiger partial charge on any atom is -0.311 e. The topological polar surface area (TPSA) is 7.12 Å². The van der Waals surface area contributed by atoms with Crippen molar-refractivity contribution in [2.24, 2.45) is 0 Å². The van der Waals surface area contributed by atoms with Gasteiger partial charge in [-0.3, -0.25) is 0 Å². The molecule has 0 saturated heterocycles. The van der Waals surface area contributed by atoms with E-state index in [4.69, 9.17) is 0 Å². The smallest absolute Gasteiger partial charge is 0.221 e. The Morgan fingerprint density at radius 3 is 1.95 bits per heavy atom. The summed E-state index contributed by atoms with van der Waals surface area (Å²) in [6, 6.07) is 36.9. The number of hydrogen-bond donors (Lipinski definition) is 0. The molecule has 206 valence electrons. The largest absolute Gasteiger partial charge is 0.311 e. The molecule has 1 aromatic heterocycles. The minimum absolute atomic E-state index is 0.00950. The summed E-state index contributed by atoms with van der Waals surface area (Å²) in [7, 11) is -1.83. The van der Waals surface area contributed by atoms with Crippen molar-refractivity contribution in [3.63, 3.8) is 0 Å². The van der Waals surface area contributed by atoms with Crippen LogP contribution in [-0.4, -0.2) is 8.07 Å². The van der Waals surface area contributed by atoms with Crippen molar-refractivity contribution in [2.75, 3.05) is 4.90 Å². The highest BCUT2D eigenvalue weighted by Gasteiger charge is 2.58. The Morgan fingerprint density at radius 2 is 1.32 bits per heavy atom. The van der Waals surface area contributed by atoms with E-state index in [1.165, 1.54) is 55.0 Å². The average molecular weight is 554 g/mol. The van der Waals surface area contributed by atoms with Crippen LogP contribution in [0.5, 0.6) is 0 Å². The van der Waals surface area contributed by atoms with Crippen LogP contribution in [0.2, 0.25) is 13.1 Å². The van der Waals surface area contributed by atoms with Gasteiger partial charge < -0.3 is 4.90 Å². The highest BCUT2D eigenvalue weighted by Crippen LogP contribution is 2.53. The fourth-order valence-corrected chi connectivity index (χ4v) is 11.5. The molecule has 0 radical (unpaired) electrons. The summed E-state index contributed by atoms with van der Waals surface area (Å²) in [6.07, 6.45) is 5.67. The number of hydrogen-bond acceptors (Lipinski definition) is 1. The minimum atomic E-state index is -1.83. The maximum atomic E-state index is 2.67. The lowest BCUT2D eigenvalue weighted by Crippen LogP contribution is -2.68. The van der Waals surface area contributed by atoms with Gasteiger partial charge >= 0.3 is 0 Å². The summed E-state index contributed by atoms with van der Waals surface area (Å²) in [5.74, 6) is 0. The van der Waals surface area contributed by atoms with Crippen molar-refractivity contribution in [3.05, 3.63) is 109 Å². The fourth-order valence-electron chi connectivity index (χ4n) is 8.55. The van der Waals surface area contributed by atoms with Crippen LogP contribution in [0.1, 0.15) is 52.5 Å². The molecule has 3 heterocycles. The van der Waals surface area contributed by atoms with Gasteiger partial charge in [0, 0.05) is 36.0 Å². The van der Waals surface area contributed by atoms with Gasteiger partial charge in [0.15, 0.2) is 11.7 Å². The van der Waals surface area contributed by atoms with Crippen LogP contribution in [0.4, 0.5) is 17.1 Å². The summed E-state index contributed by atoms with van der Waals surface area (Å²) < 4.78 is 2.67. The molecule has 7 rings (SSSR count). The zero-order chi connectivity index (χ0) is 28.6. The van der Waals surface area contributed by atoms with Gasteiger partial charge in [-0.1, -0.05) is 94.5 Å². The lowest BCUT2D eigenvalue weighted by molar-refractivity contribution is -0.768. The summed E-state index contributed by atoms with van der Waals surface area (Å²) in [4.78, 5) is 2.53. The molecule has 5 aromatic rings. The predicted molar refractivity (Wildman–Crippen MR) is 177 cm³/mol. The second-order valence-corrected chi connectivity index (χ2v) is 17.1. The Labute approximate surface area is 246 Å². The van der Waals surface area contributed by atoms with E-state index in [1.54, 1.807) is 0 Å². The van der Waals surface area contributed by atoms with Crippen LogP contribution >= 0.6 is 0 Å². The van der Waals surface area contributed by atoms with Crippen molar-refractivity contribution in [3.8, 4) is 11.3 Å². The zero-order valence-electron chi connectivity index (χ0n) is 25.3. The van der Waals surface area contributed by atoms with Gasteiger partial charge in [0.2, 0.25) is 5.69 Å². The van der Waals surface area contributed by atoms with Crippen molar-refractivity contribution in [1.82, 2.24) is 0 Å². The monoisotopic (exact) mass is 553 g/mol. The molecule has 0 fully saturated rings. The van der Waals surface area contributed by atoms with Gasteiger partial charge in [-0.15, -0.1) is 0 Å². The number of benzene rings is 4. The molecule has 4 aromatic carbocycles. The van der Waals surface area contributed by atoms with Crippen LogP contribution in [0.15, 0.2) is 103 Å². The van der Waals surface area contributed by atoms with Gasteiger partial charge in [-0.25, -0.2) is 0 Å². The van der Waals surface area contributed by atoms with E-state index in [0.717, 1.165) is 19.3 Å². The van der Waals surface area contributed by atoms with Crippen molar-refractivity contribution in [2.45, 2.75) is 71.0 Å². The van der Waals surface area contributed by atoms with E-state index in [2.05, 4.69) is 154 Å². The molecular formula is C38H41N2Si+. The molecule has 41 heavy (non-hydrogen) atoms. The standard InChI is InChI=1S/C38H41N2Si/c1-7-37(4)31-23-22-28(40-32-18-12-14-20-34(32)41(5,6)35-21-15-13-19-33(35)40)26-30(31)36-29-17-11-10-16-27(29)24-25-39(36)38(37,8-2)9-3/h10-26H,7-9H2,1-6H3/q+1. The first-order valence-electron chi connectivity index (χ1n) is 15.4. The number of nitrogens with zero attached hydrogens (tertiary/aromatic N) is 2. The molecule has 2 aliphatic heterocycles. The van der Waals surface area contributed by atoms with Gasteiger partial charge in [0.1, 0.15) is 8.07 Å². The number of fused-ring (bicyclic) bond motifs is 7. The normalized spacial score (nSPS) is 19.7. The lowest BCUT2D eigenvalue weighted by atomic mass is 9.58. The van der Waals surface area contributed by atoms with Gasteiger partial charge in [0.25, 0.3) is 0 Å². The van der Waals surface area contributed by atoms with Crippen LogP contribution in [0.25, 0.3) is 22.0 Å². The molecule has 2 aliphatic rings. The molecule has 2 nitrogen and oxygen atoms in total. The molecule has 0 bridgehead atoms. The van der Waals surface area contributed by atoms with Crippen molar-refractivity contribution in [1.29, 1.82) is 0 Å². The molecule has 1 unspecified atom stereocenters. The molecule has 0 saturated carbocycles. The highest BCUT2D eigenvalue weighted by molar-refractivity contribution is 7.02. The van der Waals surface area contributed by atoms with Crippen LogP contribution in [0.3, 0.4) is 0 Å². The Kier molecular flexibility index (Phi) is 5.86. The number of para-hydroxylation sites is 2. The second kappa shape index (κ2) is 9.16. The molecular weight excluding hydrogens is 513 g/mol. The van der Waals surface area contributed by atoms with E-state index in [9.17, 15) is 0 Å². The molecule has 0 amide bonds. The van der Waals surface area contributed by atoms with E-state index in [-0.39, 0.29) is 11.0 Å². The fraction of sp³-hybridized carbons (Fsp3) is 0.289.